The van der Waals surface area contributed by atoms with Crippen molar-refractivity contribution in [3.05, 3.63) is 24.2 Å². The summed E-state index contributed by atoms with van der Waals surface area (Å²) in [5.41, 5.74) is 1.15. The van der Waals surface area contributed by atoms with Crippen LogP contribution in [-0.2, 0) is 4.74 Å². The number of ether oxygens (including phenoxy) is 1. The van der Waals surface area contributed by atoms with Crippen molar-refractivity contribution in [2.45, 2.75) is 51.7 Å². The molecule has 2 saturated carbocycles. The fraction of sp³-hybridized carbons (Fsp3) is 0.588. The maximum Gasteiger partial charge on any atom is 0.261 e. The van der Waals surface area contributed by atoms with Crippen LogP contribution in [0.25, 0.3) is 11.5 Å². The van der Waals surface area contributed by atoms with E-state index in [4.69, 9.17) is 9.26 Å². The van der Waals surface area contributed by atoms with Gasteiger partial charge in [0.05, 0.1) is 11.7 Å². The van der Waals surface area contributed by atoms with E-state index in [1.807, 2.05) is 19.1 Å². The first-order valence-electron chi connectivity index (χ1n) is 8.37. The van der Waals surface area contributed by atoms with Crippen molar-refractivity contribution in [2.75, 3.05) is 11.9 Å². The first-order valence-corrected chi connectivity index (χ1v) is 8.37. The number of aryl methyl sites for hydroxylation is 1. The second-order valence-electron chi connectivity index (χ2n) is 6.51. The maximum atomic E-state index is 5.92. The second-order valence-corrected chi connectivity index (χ2v) is 6.51. The van der Waals surface area contributed by atoms with Crippen LogP contribution in [0.15, 0.2) is 22.9 Å². The van der Waals surface area contributed by atoms with Crippen molar-refractivity contribution in [3.8, 4) is 11.5 Å². The lowest BCUT2D eigenvalue weighted by atomic mass is 9.51. The van der Waals surface area contributed by atoms with Crippen LogP contribution < -0.4 is 5.32 Å². The maximum absolute atomic E-state index is 5.92. The number of rotatable bonds is 5. The predicted molar refractivity (Wildman–Crippen MR) is 86.0 cm³/mol. The zero-order chi connectivity index (χ0) is 15.9. The Morgan fingerprint density at radius 2 is 2.30 bits per heavy atom. The summed E-state index contributed by atoms with van der Waals surface area (Å²) in [6.07, 6.45) is 6.97. The number of pyridine rings is 1. The molecule has 0 amide bonds. The SMILES string of the molecule is CCO[C@@H]1C[C@@H](Nc2ncccc2-c2nc(C)no2)C12CCC2. The topological polar surface area (TPSA) is 73.1 Å². The van der Waals surface area contributed by atoms with E-state index < -0.39 is 0 Å². The molecule has 2 aromatic heterocycles. The fourth-order valence-corrected chi connectivity index (χ4v) is 3.91. The number of hydrogen-bond donors (Lipinski definition) is 1. The number of nitrogens with zero attached hydrogens (tertiary/aromatic N) is 3. The summed E-state index contributed by atoms with van der Waals surface area (Å²) in [5.74, 6) is 1.97. The molecule has 2 heterocycles. The third-order valence-electron chi connectivity index (χ3n) is 5.31. The molecule has 122 valence electrons. The minimum Gasteiger partial charge on any atom is -0.378 e. The Morgan fingerprint density at radius 3 is 2.96 bits per heavy atom. The fourth-order valence-electron chi connectivity index (χ4n) is 3.91. The normalized spacial score (nSPS) is 25.0. The summed E-state index contributed by atoms with van der Waals surface area (Å²) in [4.78, 5) is 8.83. The standard InChI is InChI=1S/C17H22N4O2/c1-3-22-14-10-13(17(14)7-5-8-17)20-15-12(6-4-9-18-15)16-19-11(2)21-23-16/h4,6,9,13-14H,3,5,7-8,10H2,1-2H3,(H,18,20)/t13-,14-/m1/s1. The molecule has 0 bridgehead atoms. The molecule has 1 spiro atoms. The van der Waals surface area contributed by atoms with Crippen LogP contribution in [0.4, 0.5) is 5.82 Å². The zero-order valence-electron chi connectivity index (χ0n) is 13.6. The van der Waals surface area contributed by atoms with E-state index in [0.717, 1.165) is 24.4 Å². The largest absolute Gasteiger partial charge is 0.378 e. The molecule has 2 fully saturated rings. The molecule has 0 aromatic carbocycles. The molecule has 6 nitrogen and oxygen atoms in total. The lowest BCUT2D eigenvalue weighted by molar-refractivity contribution is -0.157. The molecule has 0 aliphatic heterocycles. The number of anilines is 1. The van der Waals surface area contributed by atoms with E-state index in [2.05, 4.69) is 27.4 Å². The van der Waals surface area contributed by atoms with Gasteiger partial charge in [-0.15, -0.1) is 0 Å². The van der Waals surface area contributed by atoms with E-state index in [9.17, 15) is 0 Å². The van der Waals surface area contributed by atoms with E-state index >= 15 is 0 Å². The molecule has 0 saturated heterocycles. The van der Waals surface area contributed by atoms with Crippen molar-refractivity contribution in [2.24, 2.45) is 5.41 Å². The number of nitrogens with one attached hydrogen (secondary N) is 1. The Labute approximate surface area is 135 Å². The average molecular weight is 314 g/mol. The van der Waals surface area contributed by atoms with Gasteiger partial charge >= 0.3 is 0 Å². The van der Waals surface area contributed by atoms with Gasteiger partial charge in [0.15, 0.2) is 5.82 Å². The average Bonchev–Trinajstić information content (AvgIpc) is 2.91. The van der Waals surface area contributed by atoms with Crippen molar-refractivity contribution >= 4 is 5.82 Å². The van der Waals surface area contributed by atoms with Crippen LogP contribution in [0.5, 0.6) is 0 Å². The molecule has 23 heavy (non-hydrogen) atoms. The Kier molecular flexibility index (Phi) is 3.56. The zero-order valence-corrected chi connectivity index (χ0v) is 13.6. The summed E-state index contributed by atoms with van der Waals surface area (Å²) in [6, 6.07) is 4.27. The van der Waals surface area contributed by atoms with Gasteiger partial charge in [-0.3, -0.25) is 0 Å². The van der Waals surface area contributed by atoms with Gasteiger partial charge in [-0.25, -0.2) is 4.98 Å². The molecule has 2 aliphatic carbocycles. The van der Waals surface area contributed by atoms with Gasteiger partial charge in [0.1, 0.15) is 5.82 Å². The molecule has 1 N–H and O–H groups in total. The second kappa shape index (κ2) is 5.60. The summed E-state index contributed by atoms with van der Waals surface area (Å²) < 4.78 is 11.2. The van der Waals surface area contributed by atoms with Crippen LogP contribution in [-0.4, -0.2) is 33.9 Å². The van der Waals surface area contributed by atoms with Crippen molar-refractivity contribution in [1.82, 2.24) is 15.1 Å². The molecule has 2 aliphatic rings. The van der Waals surface area contributed by atoms with E-state index in [0.29, 0.717) is 23.9 Å². The van der Waals surface area contributed by atoms with Crippen LogP contribution in [0, 0.1) is 12.3 Å². The van der Waals surface area contributed by atoms with Crippen molar-refractivity contribution in [3.63, 3.8) is 0 Å². The monoisotopic (exact) mass is 314 g/mol. The Bertz CT molecular complexity index is 695. The first-order chi connectivity index (χ1) is 11.2. The van der Waals surface area contributed by atoms with E-state index in [1.54, 1.807) is 6.20 Å². The molecule has 0 radical (unpaired) electrons. The van der Waals surface area contributed by atoms with E-state index in [-0.39, 0.29) is 5.41 Å². The number of hydrogen-bond acceptors (Lipinski definition) is 6. The summed E-state index contributed by atoms with van der Waals surface area (Å²) >= 11 is 0. The molecule has 4 rings (SSSR count). The molecule has 0 unspecified atom stereocenters. The van der Waals surface area contributed by atoms with Gasteiger partial charge in [0, 0.05) is 24.3 Å². The molecule has 2 aromatic rings. The summed E-state index contributed by atoms with van der Waals surface area (Å²) in [5, 5.41) is 7.50. The highest BCUT2D eigenvalue weighted by atomic mass is 16.5. The van der Waals surface area contributed by atoms with Gasteiger partial charge in [0.25, 0.3) is 5.89 Å². The minimum atomic E-state index is 0.287. The van der Waals surface area contributed by atoms with Gasteiger partial charge < -0.3 is 14.6 Å². The van der Waals surface area contributed by atoms with Gasteiger partial charge in [-0.2, -0.15) is 4.98 Å². The van der Waals surface area contributed by atoms with Gasteiger partial charge in [-0.05, 0) is 45.2 Å². The minimum absolute atomic E-state index is 0.287. The quantitative estimate of drug-likeness (QED) is 0.913. The van der Waals surface area contributed by atoms with Crippen LogP contribution in [0.3, 0.4) is 0 Å². The molecule has 2 atom stereocenters. The van der Waals surface area contributed by atoms with Crippen LogP contribution >= 0.6 is 0 Å². The highest BCUT2D eigenvalue weighted by Gasteiger charge is 2.59. The first kappa shape index (κ1) is 14.6. The van der Waals surface area contributed by atoms with Crippen molar-refractivity contribution < 1.29 is 9.26 Å². The van der Waals surface area contributed by atoms with Gasteiger partial charge in [0.2, 0.25) is 0 Å². The third-order valence-corrected chi connectivity index (χ3v) is 5.31. The Morgan fingerprint density at radius 1 is 1.43 bits per heavy atom. The molecular formula is C17H22N4O2. The highest BCUT2D eigenvalue weighted by molar-refractivity contribution is 5.69. The van der Waals surface area contributed by atoms with Crippen LogP contribution in [0.1, 0.15) is 38.4 Å². The van der Waals surface area contributed by atoms with Gasteiger partial charge in [-0.1, -0.05) is 11.6 Å². The summed E-state index contributed by atoms with van der Waals surface area (Å²) in [7, 11) is 0. The molecular weight excluding hydrogens is 292 g/mol. The van der Waals surface area contributed by atoms with Crippen molar-refractivity contribution in [1.29, 1.82) is 0 Å². The smallest absolute Gasteiger partial charge is 0.261 e. The predicted octanol–water partition coefficient (Wildman–Crippen LogP) is 3.20. The summed E-state index contributed by atoms with van der Waals surface area (Å²) in [6.45, 7) is 4.68. The Balaban J connectivity index is 1.56. The van der Waals surface area contributed by atoms with Crippen LogP contribution in [0.2, 0.25) is 0 Å². The van der Waals surface area contributed by atoms with E-state index in [1.165, 1.54) is 19.3 Å². The lowest BCUT2D eigenvalue weighted by Gasteiger charge is -2.61. The Hall–Kier alpha value is -1.95. The third kappa shape index (κ3) is 2.32. The lowest BCUT2D eigenvalue weighted by Crippen LogP contribution is -2.64. The molecule has 6 heteroatoms. The number of aromatic nitrogens is 3. The highest BCUT2D eigenvalue weighted by Crippen LogP contribution is 2.58.